The molecule has 0 aliphatic rings. The van der Waals surface area contributed by atoms with Crippen LogP contribution in [0.15, 0.2) is 18.2 Å². The number of aryl methyl sites for hydroxylation is 1. The summed E-state index contributed by atoms with van der Waals surface area (Å²) in [5.74, 6) is 0.0540. The van der Waals surface area contributed by atoms with Crippen LogP contribution in [0, 0.1) is 6.92 Å². The molecule has 0 saturated carbocycles. The van der Waals surface area contributed by atoms with Crippen molar-refractivity contribution in [1.82, 2.24) is 0 Å². The van der Waals surface area contributed by atoms with Gasteiger partial charge in [0.1, 0.15) is 5.75 Å². The fourth-order valence-corrected chi connectivity index (χ4v) is 1.04. The van der Waals surface area contributed by atoms with Crippen molar-refractivity contribution < 1.29 is 9.90 Å². The molecule has 3 nitrogen and oxygen atoms in total. The fraction of sp³-hybridized carbons (Fsp3) is 0.300. The second kappa shape index (κ2) is 4.46. The van der Waals surface area contributed by atoms with Crippen LogP contribution in [0.3, 0.4) is 0 Å². The Morgan fingerprint density at radius 1 is 1.57 bits per heavy atom. The van der Waals surface area contributed by atoms with Crippen molar-refractivity contribution in [1.29, 1.82) is 0 Å². The maximum Gasteiger partial charge on any atom is 0.237 e. The SMILES string of the molecule is Cc1ccc(NC(=O)C(C)Br)cc1O. The minimum Gasteiger partial charge on any atom is -0.508 e. The molecule has 1 amide bonds. The molecule has 0 heterocycles. The van der Waals surface area contributed by atoms with E-state index in [1.807, 2.05) is 0 Å². The van der Waals surface area contributed by atoms with Crippen LogP contribution in [0.25, 0.3) is 0 Å². The maximum absolute atomic E-state index is 11.3. The number of alkyl halides is 1. The van der Waals surface area contributed by atoms with E-state index in [9.17, 15) is 9.90 Å². The number of carbonyl (C=O) groups is 1. The summed E-state index contributed by atoms with van der Waals surface area (Å²) >= 11 is 3.16. The van der Waals surface area contributed by atoms with Gasteiger partial charge in [0.15, 0.2) is 0 Å². The smallest absolute Gasteiger partial charge is 0.237 e. The van der Waals surface area contributed by atoms with Gasteiger partial charge < -0.3 is 10.4 Å². The molecule has 76 valence electrons. The molecule has 0 saturated heterocycles. The second-order valence-electron chi connectivity index (χ2n) is 3.11. The van der Waals surface area contributed by atoms with E-state index < -0.39 is 0 Å². The van der Waals surface area contributed by atoms with Crippen molar-refractivity contribution in [3.8, 4) is 5.75 Å². The van der Waals surface area contributed by atoms with E-state index in [1.165, 1.54) is 6.07 Å². The second-order valence-corrected chi connectivity index (χ2v) is 4.48. The molecule has 2 N–H and O–H groups in total. The molecular weight excluding hydrogens is 246 g/mol. The minimum atomic E-state index is -0.244. The van der Waals surface area contributed by atoms with Gasteiger partial charge in [-0.15, -0.1) is 0 Å². The maximum atomic E-state index is 11.3. The van der Waals surface area contributed by atoms with Gasteiger partial charge in [-0.3, -0.25) is 4.79 Å². The predicted molar refractivity (Wildman–Crippen MR) is 59.9 cm³/mol. The standard InChI is InChI=1S/C10H12BrNO2/c1-6-3-4-8(5-9(6)13)12-10(14)7(2)11/h3-5,7,13H,1-2H3,(H,12,14). The lowest BCUT2D eigenvalue weighted by atomic mass is 10.2. The lowest BCUT2D eigenvalue weighted by Crippen LogP contribution is -2.19. The van der Waals surface area contributed by atoms with Crippen LogP contribution >= 0.6 is 15.9 Å². The van der Waals surface area contributed by atoms with Crippen LogP contribution in [0.4, 0.5) is 5.69 Å². The Balaban J connectivity index is 2.78. The van der Waals surface area contributed by atoms with E-state index in [0.717, 1.165) is 5.56 Å². The van der Waals surface area contributed by atoms with Gasteiger partial charge in [-0.25, -0.2) is 0 Å². The highest BCUT2D eigenvalue weighted by Gasteiger charge is 2.08. The summed E-state index contributed by atoms with van der Waals surface area (Å²) in [7, 11) is 0. The monoisotopic (exact) mass is 257 g/mol. The Morgan fingerprint density at radius 2 is 2.21 bits per heavy atom. The predicted octanol–water partition coefficient (Wildman–Crippen LogP) is 2.42. The summed E-state index contributed by atoms with van der Waals surface area (Å²) in [5, 5.41) is 12.1. The van der Waals surface area contributed by atoms with Crippen LogP contribution in [-0.4, -0.2) is 15.8 Å². The van der Waals surface area contributed by atoms with E-state index in [0.29, 0.717) is 5.69 Å². The van der Waals surface area contributed by atoms with Gasteiger partial charge in [-0.05, 0) is 25.5 Å². The number of nitrogens with one attached hydrogen (secondary N) is 1. The van der Waals surface area contributed by atoms with E-state index in [2.05, 4.69) is 21.2 Å². The molecule has 1 rings (SSSR count). The van der Waals surface area contributed by atoms with Gasteiger partial charge in [0.05, 0.1) is 4.83 Å². The lowest BCUT2D eigenvalue weighted by Gasteiger charge is -2.07. The summed E-state index contributed by atoms with van der Waals surface area (Å²) in [4.78, 5) is 11.0. The molecule has 1 aromatic carbocycles. The van der Waals surface area contributed by atoms with Gasteiger partial charge in [0.2, 0.25) is 5.91 Å². The average Bonchev–Trinajstić information content (AvgIpc) is 2.11. The average molecular weight is 258 g/mol. The fourth-order valence-electron chi connectivity index (χ4n) is 0.929. The topological polar surface area (TPSA) is 49.3 Å². The largest absolute Gasteiger partial charge is 0.508 e. The number of rotatable bonds is 2. The summed E-state index contributed by atoms with van der Waals surface area (Å²) in [5.41, 5.74) is 1.39. The van der Waals surface area contributed by atoms with Crippen molar-refractivity contribution in [2.75, 3.05) is 5.32 Å². The number of hydrogen-bond donors (Lipinski definition) is 2. The number of carbonyl (C=O) groups excluding carboxylic acids is 1. The van der Waals surface area contributed by atoms with Crippen molar-refractivity contribution in [3.63, 3.8) is 0 Å². The third-order valence-electron chi connectivity index (χ3n) is 1.84. The van der Waals surface area contributed by atoms with Crippen LogP contribution in [0.1, 0.15) is 12.5 Å². The molecule has 1 atom stereocenters. The summed E-state index contributed by atoms with van der Waals surface area (Å²) in [6, 6.07) is 5.04. The van der Waals surface area contributed by atoms with Crippen LogP contribution in [0.5, 0.6) is 5.75 Å². The molecule has 0 aliphatic carbocycles. The van der Waals surface area contributed by atoms with E-state index in [4.69, 9.17) is 0 Å². The van der Waals surface area contributed by atoms with Gasteiger partial charge >= 0.3 is 0 Å². The Morgan fingerprint density at radius 3 is 2.71 bits per heavy atom. The zero-order valence-electron chi connectivity index (χ0n) is 8.04. The van der Waals surface area contributed by atoms with Crippen LogP contribution in [0.2, 0.25) is 0 Å². The first-order valence-electron chi connectivity index (χ1n) is 4.25. The first-order chi connectivity index (χ1) is 6.50. The first kappa shape index (κ1) is 11.0. The number of benzene rings is 1. The summed E-state index contributed by atoms with van der Waals surface area (Å²) < 4.78 is 0. The molecule has 1 aromatic rings. The minimum absolute atomic E-state index is 0.131. The number of hydrogen-bond acceptors (Lipinski definition) is 2. The molecule has 0 fully saturated rings. The molecule has 0 aromatic heterocycles. The Kier molecular flexibility index (Phi) is 3.52. The number of phenols is 1. The van der Waals surface area contributed by atoms with Gasteiger partial charge in [0.25, 0.3) is 0 Å². The van der Waals surface area contributed by atoms with E-state index >= 15 is 0 Å². The quantitative estimate of drug-likeness (QED) is 0.800. The van der Waals surface area contributed by atoms with Gasteiger partial charge in [-0.2, -0.15) is 0 Å². The molecule has 14 heavy (non-hydrogen) atoms. The molecule has 4 heteroatoms. The molecule has 0 radical (unpaired) electrons. The normalized spacial score (nSPS) is 12.2. The first-order valence-corrected chi connectivity index (χ1v) is 5.17. The molecule has 0 spiro atoms. The zero-order chi connectivity index (χ0) is 10.7. The number of phenolic OH excluding ortho intramolecular Hbond substituents is 1. The zero-order valence-corrected chi connectivity index (χ0v) is 9.63. The Labute approximate surface area is 91.3 Å². The molecule has 0 bridgehead atoms. The Hall–Kier alpha value is -1.03. The number of aromatic hydroxyl groups is 1. The molecular formula is C10H12BrNO2. The van der Waals surface area contributed by atoms with Crippen molar-refractivity contribution >= 4 is 27.5 Å². The van der Waals surface area contributed by atoms with Crippen molar-refractivity contribution in [2.24, 2.45) is 0 Å². The van der Waals surface area contributed by atoms with E-state index in [-0.39, 0.29) is 16.5 Å². The highest BCUT2D eigenvalue weighted by atomic mass is 79.9. The van der Waals surface area contributed by atoms with Crippen LogP contribution in [-0.2, 0) is 4.79 Å². The highest BCUT2D eigenvalue weighted by Crippen LogP contribution is 2.21. The third-order valence-corrected chi connectivity index (χ3v) is 2.25. The highest BCUT2D eigenvalue weighted by molar-refractivity contribution is 9.10. The summed E-state index contributed by atoms with van der Waals surface area (Å²) in [6.45, 7) is 3.54. The number of halogens is 1. The Bertz CT molecular complexity index is 350. The van der Waals surface area contributed by atoms with E-state index in [1.54, 1.807) is 26.0 Å². The molecule has 1 unspecified atom stereocenters. The summed E-state index contributed by atoms with van der Waals surface area (Å²) in [6.07, 6.45) is 0. The lowest BCUT2D eigenvalue weighted by molar-refractivity contribution is -0.115. The number of amides is 1. The van der Waals surface area contributed by atoms with Gasteiger partial charge in [0, 0.05) is 11.8 Å². The third kappa shape index (κ3) is 2.73. The van der Waals surface area contributed by atoms with Crippen LogP contribution < -0.4 is 5.32 Å². The molecule has 0 aliphatic heterocycles. The van der Waals surface area contributed by atoms with Gasteiger partial charge in [-0.1, -0.05) is 22.0 Å². The van der Waals surface area contributed by atoms with Crippen molar-refractivity contribution in [3.05, 3.63) is 23.8 Å². The number of anilines is 1. The van der Waals surface area contributed by atoms with Crippen molar-refractivity contribution in [2.45, 2.75) is 18.7 Å².